The van der Waals surface area contributed by atoms with E-state index in [9.17, 15) is 8.42 Å². The lowest BCUT2D eigenvalue weighted by Crippen LogP contribution is -2.01. The van der Waals surface area contributed by atoms with Crippen molar-refractivity contribution >= 4 is 27.0 Å². The Morgan fingerprint density at radius 3 is 2.38 bits per heavy atom. The van der Waals surface area contributed by atoms with Gasteiger partial charge in [-0.15, -0.1) is 4.40 Å². The van der Waals surface area contributed by atoms with Crippen LogP contribution in [0.25, 0.3) is 0 Å². The molecule has 0 atom stereocenters. The highest BCUT2D eigenvalue weighted by atomic mass is 32.3. The van der Waals surface area contributed by atoms with E-state index < -0.39 is 10.0 Å². The van der Waals surface area contributed by atoms with Gasteiger partial charge >= 0.3 is 0 Å². The van der Waals surface area contributed by atoms with E-state index in [0.717, 1.165) is 22.9 Å². The first-order valence-corrected chi connectivity index (χ1v) is 7.26. The summed E-state index contributed by atoms with van der Waals surface area (Å²) in [7, 11) is -3.31. The molecule has 0 aliphatic carbocycles. The van der Waals surface area contributed by atoms with Crippen LogP contribution < -0.4 is 4.74 Å². The second-order valence-corrected chi connectivity index (χ2v) is 6.55. The maximum Gasteiger partial charge on any atom is 0.268 e. The molecule has 0 aromatic heterocycles. The third-order valence-corrected chi connectivity index (χ3v) is 4.59. The van der Waals surface area contributed by atoms with Crippen molar-refractivity contribution < 1.29 is 13.2 Å². The summed E-state index contributed by atoms with van der Waals surface area (Å²) in [6.45, 7) is 3.92. The van der Waals surface area contributed by atoms with E-state index in [2.05, 4.69) is 4.40 Å². The van der Waals surface area contributed by atoms with Crippen molar-refractivity contribution in [2.24, 2.45) is 4.40 Å². The number of hydrogen-bond donors (Lipinski definition) is 0. The molecule has 0 fully saturated rings. The molecular formula is C10H11NO3S2. The smallest absolute Gasteiger partial charge is 0.268 e. The maximum atomic E-state index is 11.1. The Balaban J connectivity index is 2.22. The Morgan fingerprint density at radius 2 is 1.88 bits per heavy atom. The van der Waals surface area contributed by atoms with Crippen molar-refractivity contribution in [3.63, 3.8) is 0 Å². The second-order valence-electron chi connectivity index (χ2n) is 3.63. The zero-order valence-electron chi connectivity index (χ0n) is 8.93. The van der Waals surface area contributed by atoms with Crippen molar-refractivity contribution in [2.75, 3.05) is 5.08 Å². The number of thioether (sulfide) groups is 1. The molecule has 1 aromatic rings. The molecule has 1 aliphatic rings. The predicted molar refractivity (Wildman–Crippen MR) is 65.4 cm³/mol. The lowest BCUT2D eigenvalue weighted by molar-refractivity contribution is 0.565. The monoisotopic (exact) mass is 257 g/mol. The lowest BCUT2D eigenvalue weighted by Gasteiger charge is -2.05. The topological polar surface area (TPSA) is 55.7 Å². The van der Waals surface area contributed by atoms with E-state index in [0.29, 0.717) is 5.75 Å². The lowest BCUT2D eigenvalue weighted by atomic mass is 10.1. The largest absolute Gasteiger partial charge is 0.433 e. The zero-order chi connectivity index (χ0) is 11.8. The summed E-state index contributed by atoms with van der Waals surface area (Å²) in [6, 6.07) is 5.72. The first-order valence-electron chi connectivity index (χ1n) is 4.66. The van der Waals surface area contributed by atoms with Gasteiger partial charge in [-0.25, -0.2) is 8.42 Å². The summed E-state index contributed by atoms with van der Waals surface area (Å²) >= 11 is 1.10. The van der Waals surface area contributed by atoms with E-state index >= 15 is 0 Å². The number of aryl methyl sites for hydroxylation is 2. The van der Waals surface area contributed by atoms with Crippen LogP contribution >= 0.6 is 11.8 Å². The molecule has 1 heterocycles. The van der Waals surface area contributed by atoms with Crippen molar-refractivity contribution in [3.8, 4) is 5.75 Å². The molecular weight excluding hydrogens is 246 g/mol. The molecule has 0 amide bonds. The highest BCUT2D eigenvalue weighted by Crippen LogP contribution is 2.24. The third kappa shape index (κ3) is 2.76. The first-order chi connectivity index (χ1) is 7.44. The fourth-order valence-corrected chi connectivity index (χ4v) is 3.61. The zero-order valence-corrected chi connectivity index (χ0v) is 10.6. The van der Waals surface area contributed by atoms with Crippen LogP contribution in [0.15, 0.2) is 22.6 Å². The van der Waals surface area contributed by atoms with Gasteiger partial charge in [0.2, 0.25) is 0 Å². The van der Waals surface area contributed by atoms with Crippen LogP contribution in [0, 0.1) is 13.8 Å². The van der Waals surface area contributed by atoms with Crippen LogP contribution in [-0.2, 0) is 10.0 Å². The minimum atomic E-state index is -3.31. The Bertz CT molecular complexity index is 529. The highest BCUT2D eigenvalue weighted by Gasteiger charge is 2.22. The first kappa shape index (κ1) is 11.5. The van der Waals surface area contributed by atoms with Gasteiger partial charge in [0, 0.05) is 0 Å². The molecule has 1 aliphatic heterocycles. The van der Waals surface area contributed by atoms with Gasteiger partial charge in [0.25, 0.3) is 15.3 Å². The van der Waals surface area contributed by atoms with Gasteiger partial charge in [-0.2, -0.15) is 0 Å². The number of benzene rings is 1. The Hall–Kier alpha value is -1.01. The van der Waals surface area contributed by atoms with Crippen LogP contribution in [0.4, 0.5) is 0 Å². The van der Waals surface area contributed by atoms with Crippen LogP contribution in [-0.4, -0.2) is 18.7 Å². The molecule has 4 nitrogen and oxygen atoms in total. The minimum Gasteiger partial charge on any atom is -0.433 e. The van der Waals surface area contributed by atoms with Gasteiger partial charge in [0.05, 0.1) is 0 Å². The third-order valence-electron chi connectivity index (χ3n) is 1.95. The fourth-order valence-electron chi connectivity index (χ4n) is 1.43. The molecule has 0 radical (unpaired) electrons. The van der Waals surface area contributed by atoms with Gasteiger partial charge < -0.3 is 4.74 Å². The van der Waals surface area contributed by atoms with Gasteiger partial charge in [-0.3, -0.25) is 0 Å². The SMILES string of the molecule is Cc1cc(C)cc(OC2=NS(=O)(=O)CS2)c1. The molecule has 0 spiro atoms. The summed E-state index contributed by atoms with van der Waals surface area (Å²) in [5.74, 6) is 0.626. The molecule has 16 heavy (non-hydrogen) atoms. The average Bonchev–Trinajstić information content (AvgIpc) is 2.43. The molecule has 0 bridgehead atoms. The van der Waals surface area contributed by atoms with Crippen LogP contribution in [0.1, 0.15) is 11.1 Å². The van der Waals surface area contributed by atoms with Gasteiger partial charge in [-0.05, 0) is 48.9 Å². The quantitative estimate of drug-likeness (QED) is 0.773. The van der Waals surface area contributed by atoms with Crippen molar-refractivity contribution in [3.05, 3.63) is 29.3 Å². The summed E-state index contributed by atoms with van der Waals surface area (Å²) in [6.07, 6.45) is 0. The normalized spacial score (nSPS) is 18.2. The van der Waals surface area contributed by atoms with Crippen LogP contribution in [0.5, 0.6) is 5.75 Å². The number of sulfonamides is 1. The molecule has 0 saturated carbocycles. The average molecular weight is 257 g/mol. The molecule has 6 heteroatoms. The molecule has 0 N–H and O–H groups in total. The van der Waals surface area contributed by atoms with E-state index in [1.165, 1.54) is 0 Å². The van der Waals surface area contributed by atoms with Crippen molar-refractivity contribution in [1.82, 2.24) is 0 Å². The predicted octanol–water partition coefficient (Wildman–Crippen LogP) is 2.07. The maximum absolute atomic E-state index is 11.1. The van der Waals surface area contributed by atoms with Gasteiger partial charge in [0.1, 0.15) is 10.8 Å². The number of ether oxygens (including phenoxy) is 1. The minimum absolute atomic E-state index is 0.0346. The molecule has 0 unspecified atom stereocenters. The highest BCUT2D eigenvalue weighted by molar-refractivity contribution is 8.24. The number of hydrogen-bond acceptors (Lipinski definition) is 4. The van der Waals surface area contributed by atoms with E-state index in [1.807, 2.05) is 32.0 Å². The van der Waals surface area contributed by atoms with Gasteiger partial charge in [-0.1, -0.05) is 6.07 Å². The number of rotatable bonds is 1. The molecule has 1 aromatic carbocycles. The fraction of sp³-hybridized carbons (Fsp3) is 0.300. The molecule has 86 valence electrons. The Morgan fingerprint density at radius 1 is 1.25 bits per heavy atom. The summed E-state index contributed by atoms with van der Waals surface area (Å²) in [4.78, 5) is 0. The van der Waals surface area contributed by atoms with Gasteiger partial charge in [0.15, 0.2) is 0 Å². The van der Waals surface area contributed by atoms with Crippen molar-refractivity contribution in [1.29, 1.82) is 0 Å². The van der Waals surface area contributed by atoms with E-state index in [-0.39, 0.29) is 10.3 Å². The Kier molecular flexibility index (Phi) is 2.94. The Labute approximate surface area is 98.8 Å². The van der Waals surface area contributed by atoms with Crippen LogP contribution in [0.2, 0.25) is 0 Å². The summed E-state index contributed by atoms with van der Waals surface area (Å²) in [5, 5.41) is 0.164. The van der Waals surface area contributed by atoms with Crippen LogP contribution in [0.3, 0.4) is 0 Å². The van der Waals surface area contributed by atoms with Crippen molar-refractivity contribution in [2.45, 2.75) is 13.8 Å². The number of nitrogens with zero attached hydrogens (tertiary/aromatic N) is 1. The second kappa shape index (κ2) is 4.10. The standard InChI is InChI=1S/C10H11NO3S2/c1-7-3-8(2)5-9(4-7)14-10-11-16(12,13)6-15-10/h3-5H,6H2,1-2H3. The molecule has 2 rings (SSSR count). The summed E-state index contributed by atoms with van der Waals surface area (Å²) in [5.41, 5.74) is 2.14. The van der Waals surface area contributed by atoms with E-state index in [4.69, 9.17) is 4.74 Å². The van der Waals surface area contributed by atoms with E-state index in [1.54, 1.807) is 0 Å². The molecule has 0 saturated heterocycles. The summed E-state index contributed by atoms with van der Waals surface area (Å²) < 4.78 is 31.1.